The fraction of sp³-hybridized carbons (Fsp3) is 0.500. The number of rotatable bonds is 4. The van der Waals surface area contributed by atoms with Crippen molar-refractivity contribution in [3.8, 4) is 0 Å². The van der Waals surface area contributed by atoms with Gasteiger partial charge in [0.2, 0.25) is 0 Å². The Bertz CT molecular complexity index is 335. The fourth-order valence-electron chi connectivity index (χ4n) is 1.35. The molecule has 0 amide bonds. The molecule has 1 aromatic rings. The minimum atomic E-state index is -0.929. The molecule has 0 aromatic carbocycles. The first-order valence-corrected chi connectivity index (χ1v) is 5.67. The minimum absolute atomic E-state index is 0.382. The molecule has 0 aliphatic heterocycles. The number of aryl methyl sites for hydroxylation is 1. The number of aromatic nitrogens is 1. The number of nitrogens with zero attached hydrogens (tertiary/aromatic N) is 1. The second kappa shape index (κ2) is 5.70. The van der Waals surface area contributed by atoms with Crippen LogP contribution in [0.3, 0.4) is 0 Å². The molecule has 1 aromatic heterocycles. The summed E-state index contributed by atoms with van der Waals surface area (Å²) in [6.07, 6.45) is -1.31. The van der Waals surface area contributed by atoms with Crippen LogP contribution in [-0.4, -0.2) is 27.1 Å². The van der Waals surface area contributed by atoms with E-state index in [4.69, 9.17) is 11.6 Å². The van der Waals surface area contributed by atoms with E-state index in [9.17, 15) is 10.2 Å². The van der Waals surface area contributed by atoms with Gasteiger partial charge >= 0.3 is 0 Å². The van der Waals surface area contributed by atoms with E-state index < -0.39 is 12.2 Å². The average molecular weight is 248 g/mol. The van der Waals surface area contributed by atoms with Gasteiger partial charge in [0.25, 0.3) is 0 Å². The largest absolute Gasteiger partial charge is 0.390 e. The molecule has 2 N–H and O–H groups in total. The van der Waals surface area contributed by atoms with Crippen LogP contribution < -0.4 is 0 Å². The third-order valence-corrected chi connectivity index (χ3v) is 2.67. The zero-order valence-corrected chi connectivity index (χ0v) is 10.0. The van der Waals surface area contributed by atoms with E-state index in [0.29, 0.717) is 28.6 Å². The molecular formula is C10H14ClNO2S. The highest BCUT2D eigenvalue weighted by molar-refractivity contribution is 7.80. The molecule has 0 bridgehead atoms. The Labute approximate surface area is 99.5 Å². The van der Waals surface area contributed by atoms with Gasteiger partial charge in [0, 0.05) is 11.3 Å². The molecule has 0 saturated heterocycles. The van der Waals surface area contributed by atoms with Crippen LogP contribution in [0, 0.1) is 6.92 Å². The molecule has 2 atom stereocenters. The van der Waals surface area contributed by atoms with Crippen LogP contribution in [-0.2, 0) is 0 Å². The van der Waals surface area contributed by atoms with Crippen molar-refractivity contribution in [3.63, 3.8) is 0 Å². The molecule has 84 valence electrons. The maximum Gasteiger partial charge on any atom is 0.129 e. The SMILES string of the molecule is Cc1nc(Cl)ccc1C(O)C(O)CCS. The average Bonchev–Trinajstić information content (AvgIpc) is 2.17. The number of hydrogen-bond donors (Lipinski definition) is 3. The number of aliphatic hydroxyl groups is 2. The zero-order valence-electron chi connectivity index (χ0n) is 8.39. The summed E-state index contributed by atoms with van der Waals surface area (Å²) in [5.74, 6) is 0.526. The van der Waals surface area contributed by atoms with E-state index in [-0.39, 0.29) is 0 Å². The third-order valence-electron chi connectivity index (χ3n) is 2.20. The summed E-state index contributed by atoms with van der Waals surface area (Å²) in [4.78, 5) is 4.01. The Kier molecular flexibility index (Phi) is 4.86. The van der Waals surface area contributed by atoms with Gasteiger partial charge in [0.15, 0.2) is 0 Å². The van der Waals surface area contributed by atoms with E-state index >= 15 is 0 Å². The fourth-order valence-corrected chi connectivity index (χ4v) is 1.81. The van der Waals surface area contributed by atoms with Crippen LogP contribution in [0.1, 0.15) is 23.8 Å². The van der Waals surface area contributed by atoms with Crippen molar-refractivity contribution < 1.29 is 10.2 Å². The molecule has 0 aliphatic rings. The lowest BCUT2D eigenvalue weighted by Gasteiger charge is -2.18. The van der Waals surface area contributed by atoms with E-state index in [1.54, 1.807) is 19.1 Å². The molecule has 1 heterocycles. The van der Waals surface area contributed by atoms with Crippen LogP contribution in [0.15, 0.2) is 12.1 Å². The van der Waals surface area contributed by atoms with Gasteiger partial charge < -0.3 is 10.2 Å². The van der Waals surface area contributed by atoms with E-state index in [2.05, 4.69) is 17.6 Å². The van der Waals surface area contributed by atoms with Crippen LogP contribution in [0.2, 0.25) is 5.15 Å². The standard InChI is InChI=1S/C10H14ClNO2S/c1-6-7(2-3-9(11)12-6)10(14)8(13)4-5-15/h2-3,8,10,13-15H,4-5H2,1H3. The van der Waals surface area contributed by atoms with Gasteiger partial charge in [-0.25, -0.2) is 4.98 Å². The van der Waals surface area contributed by atoms with Crippen LogP contribution in [0.25, 0.3) is 0 Å². The summed E-state index contributed by atoms with van der Waals surface area (Å²) < 4.78 is 0. The molecular weight excluding hydrogens is 234 g/mol. The smallest absolute Gasteiger partial charge is 0.129 e. The van der Waals surface area contributed by atoms with Crippen molar-refractivity contribution in [1.29, 1.82) is 0 Å². The van der Waals surface area contributed by atoms with Gasteiger partial charge in [-0.2, -0.15) is 12.6 Å². The normalized spacial score (nSPS) is 15.0. The molecule has 15 heavy (non-hydrogen) atoms. The lowest BCUT2D eigenvalue weighted by Crippen LogP contribution is -2.19. The summed E-state index contributed by atoms with van der Waals surface area (Å²) in [5, 5.41) is 19.8. The highest BCUT2D eigenvalue weighted by Crippen LogP contribution is 2.22. The summed E-state index contributed by atoms with van der Waals surface area (Å²) in [6.45, 7) is 1.75. The molecule has 0 radical (unpaired) electrons. The lowest BCUT2D eigenvalue weighted by atomic mass is 10.0. The monoisotopic (exact) mass is 247 g/mol. The topological polar surface area (TPSA) is 53.4 Å². The van der Waals surface area contributed by atoms with Crippen molar-refractivity contribution in [2.75, 3.05) is 5.75 Å². The van der Waals surface area contributed by atoms with Gasteiger partial charge in [-0.15, -0.1) is 0 Å². The van der Waals surface area contributed by atoms with Crippen LogP contribution >= 0.6 is 24.2 Å². The molecule has 0 saturated carbocycles. The van der Waals surface area contributed by atoms with Crippen molar-refractivity contribution in [1.82, 2.24) is 4.98 Å². The predicted octanol–water partition coefficient (Wildman–Crippen LogP) is 1.76. The lowest BCUT2D eigenvalue weighted by molar-refractivity contribution is 0.0166. The number of thiol groups is 1. The van der Waals surface area contributed by atoms with Crippen LogP contribution in [0.4, 0.5) is 0 Å². The van der Waals surface area contributed by atoms with E-state index in [0.717, 1.165) is 0 Å². The van der Waals surface area contributed by atoms with E-state index in [1.165, 1.54) is 0 Å². The van der Waals surface area contributed by atoms with Crippen molar-refractivity contribution >= 4 is 24.2 Å². The molecule has 1 rings (SSSR count). The number of hydrogen-bond acceptors (Lipinski definition) is 4. The Balaban J connectivity index is 2.86. The molecule has 0 spiro atoms. The maximum absolute atomic E-state index is 9.82. The van der Waals surface area contributed by atoms with Gasteiger partial charge in [0.1, 0.15) is 11.3 Å². The first-order chi connectivity index (χ1) is 7.06. The second-order valence-corrected chi connectivity index (χ2v) is 4.17. The molecule has 0 aliphatic carbocycles. The molecule has 3 nitrogen and oxygen atoms in total. The first-order valence-electron chi connectivity index (χ1n) is 4.66. The summed E-state index contributed by atoms with van der Waals surface area (Å²) in [6, 6.07) is 3.28. The molecule has 2 unspecified atom stereocenters. The zero-order chi connectivity index (χ0) is 11.4. The highest BCUT2D eigenvalue weighted by Gasteiger charge is 2.19. The summed E-state index contributed by atoms with van der Waals surface area (Å²) in [7, 11) is 0. The molecule has 5 heteroatoms. The Morgan fingerprint density at radius 2 is 2.13 bits per heavy atom. The quantitative estimate of drug-likeness (QED) is 0.561. The summed E-state index contributed by atoms with van der Waals surface area (Å²) >= 11 is 9.70. The van der Waals surface area contributed by atoms with Crippen molar-refractivity contribution in [3.05, 3.63) is 28.5 Å². The second-order valence-electron chi connectivity index (χ2n) is 3.33. The van der Waals surface area contributed by atoms with E-state index in [1.807, 2.05) is 0 Å². The Hall–Kier alpha value is -0.290. The number of pyridine rings is 1. The van der Waals surface area contributed by atoms with Gasteiger partial charge in [-0.1, -0.05) is 17.7 Å². The number of halogens is 1. The first kappa shape index (κ1) is 12.8. The van der Waals surface area contributed by atoms with Crippen molar-refractivity contribution in [2.45, 2.75) is 25.6 Å². The van der Waals surface area contributed by atoms with Crippen LogP contribution in [0.5, 0.6) is 0 Å². The van der Waals surface area contributed by atoms with Crippen molar-refractivity contribution in [2.24, 2.45) is 0 Å². The molecule has 0 fully saturated rings. The number of aliphatic hydroxyl groups excluding tert-OH is 2. The Morgan fingerprint density at radius 1 is 1.47 bits per heavy atom. The third kappa shape index (κ3) is 3.34. The van der Waals surface area contributed by atoms with Gasteiger partial charge in [0.05, 0.1) is 6.10 Å². The van der Waals surface area contributed by atoms with Gasteiger partial charge in [-0.3, -0.25) is 0 Å². The minimum Gasteiger partial charge on any atom is -0.390 e. The predicted molar refractivity (Wildman–Crippen MR) is 63.4 cm³/mol. The highest BCUT2D eigenvalue weighted by atomic mass is 35.5. The Morgan fingerprint density at radius 3 is 2.67 bits per heavy atom. The maximum atomic E-state index is 9.82. The van der Waals surface area contributed by atoms with Gasteiger partial charge in [-0.05, 0) is 25.2 Å². The summed E-state index contributed by atoms with van der Waals surface area (Å²) in [5.41, 5.74) is 1.24.